The van der Waals surface area contributed by atoms with Gasteiger partial charge < -0.3 is 9.32 Å². The molecule has 14 heavy (non-hydrogen) atoms. The Kier molecular flexibility index (Phi) is 3.72. The molecule has 0 saturated heterocycles. The highest BCUT2D eigenvalue weighted by atomic mass is 79.9. The van der Waals surface area contributed by atoms with Gasteiger partial charge in [-0.25, -0.2) is 0 Å². The topological polar surface area (TPSA) is 57.2 Å². The van der Waals surface area contributed by atoms with Gasteiger partial charge in [0, 0.05) is 6.54 Å². The minimum absolute atomic E-state index is 0.0770. The van der Waals surface area contributed by atoms with Gasteiger partial charge in [0.2, 0.25) is 0 Å². The van der Waals surface area contributed by atoms with Gasteiger partial charge in [-0.15, -0.1) is 0 Å². The average molecular weight is 257 g/mol. The van der Waals surface area contributed by atoms with Gasteiger partial charge in [0.25, 0.3) is 5.91 Å². The number of carbonyl (C=O) groups excluding carboxylic acids is 1. The van der Waals surface area contributed by atoms with Gasteiger partial charge >= 0.3 is 0 Å². The van der Waals surface area contributed by atoms with Gasteiger partial charge in [0.15, 0.2) is 10.4 Å². The summed E-state index contributed by atoms with van der Waals surface area (Å²) in [6, 6.07) is 5.15. The zero-order chi connectivity index (χ0) is 10.6. The maximum atomic E-state index is 11.6. The second kappa shape index (κ2) is 4.82. The van der Waals surface area contributed by atoms with E-state index in [1.807, 2.05) is 13.0 Å². The first-order valence-corrected chi connectivity index (χ1v) is 4.90. The molecule has 0 fully saturated rings. The molecule has 0 saturated carbocycles. The Balaban J connectivity index is 2.78. The molecule has 1 amide bonds. The first kappa shape index (κ1) is 10.8. The van der Waals surface area contributed by atoms with Crippen molar-refractivity contribution in [3.05, 3.63) is 22.6 Å². The highest BCUT2D eigenvalue weighted by Crippen LogP contribution is 2.15. The summed E-state index contributed by atoms with van der Waals surface area (Å²) >= 11 is 3.11. The molecule has 1 heterocycles. The van der Waals surface area contributed by atoms with E-state index in [-0.39, 0.29) is 18.2 Å². The highest BCUT2D eigenvalue weighted by molar-refractivity contribution is 9.10. The highest BCUT2D eigenvalue weighted by Gasteiger charge is 2.16. The van der Waals surface area contributed by atoms with E-state index in [1.165, 1.54) is 4.90 Å². The van der Waals surface area contributed by atoms with Gasteiger partial charge in [0.05, 0.1) is 6.07 Å². The van der Waals surface area contributed by atoms with Crippen molar-refractivity contribution in [3.63, 3.8) is 0 Å². The molecule has 1 rings (SSSR count). The third-order valence-corrected chi connectivity index (χ3v) is 2.14. The number of carbonyl (C=O) groups is 1. The van der Waals surface area contributed by atoms with Crippen molar-refractivity contribution in [1.29, 1.82) is 5.26 Å². The van der Waals surface area contributed by atoms with Crippen LogP contribution in [0.4, 0.5) is 0 Å². The maximum Gasteiger partial charge on any atom is 0.290 e. The molecular weight excluding hydrogens is 248 g/mol. The normalized spacial score (nSPS) is 9.50. The summed E-state index contributed by atoms with van der Waals surface area (Å²) in [5.74, 6) is -0.0197. The van der Waals surface area contributed by atoms with Crippen LogP contribution in [0, 0.1) is 11.3 Å². The lowest BCUT2D eigenvalue weighted by Gasteiger charge is -2.14. The van der Waals surface area contributed by atoms with Gasteiger partial charge in [-0.3, -0.25) is 4.79 Å². The molecule has 0 aromatic carbocycles. The summed E-state index contributed by atoms with van der Waals surface area (Å²) in [7, 11) is 0. The number of nitrogens with zero attached hydrogens (tertiary/aromatic N) is 2. The molecule has 0 radical (unpaired) electrons. The minimum atomic E-state index is -0.264. The van der Waals surface area contributed by atoms with Gasteiger partial charge in [-0.1, -0.05) is 0 Å². The Labute approximate surface area is 90.2 Å². The second-order valence-electron chi connectivity index (χ2n) is 2.58. The van der Waals surface area contributed by atoms with E-state index in [4.69, 9.17) is 9.68 Å². The van der Waals surface area contributed by atoms with Crippen molar-refractivity contribution < 1.29 is 9.21 Å². The first-order valence-electron chi connectivity index (χ1n) is 4.10. The van der Waals surface area contributed by atoms with E-state index in [2.05, 4.69) is 15.9 Å². The monoisotopic (exact) mass is 256 g/mol. The van der Waals surface area contributed by atoms with Crippen LogP contribution in [0.2, 0.25) is 0 Å². The fourth-order valence-electron chi connectivity index (χ4n) is 0.998. The standard InChI is InChI=1S/C9H9BrN2O2/c1-2-12(6-5-11)9(13)7-3-4-8(10)14-7/h3-4H,2,6H2,1H3. The molecule has 0 N–H and O–H groups in total. The smallest absolute Gasteiger partial charge is 0.290 e. The van der Waals surface area contributed by atoms with Crippen LogP contribution in [-0.2, 0) is 0 Å². The van der Waals surface area contributed by atoms with Gasteiger partial charge in [-0.05, 0) is 35.0 Å². The quantitative estimate of drug-likeness (QED) is 0.778. The summed E-state index contributed by atoms with van der Waals surface area (Å²) in [5, 5.41) is 8.49. The third-order valence-electron chi connectivity index (χ3n) is 1.71. The van der Waals surface area contributed by atoms with E-state index in [9.17, 15) is 4.79 Å². The lowest BCUT2D eigenvalue weighted by molar-refractivity contribution is 0.0751. The summed E-state index contributed by atoms with van der Waals surface area (Å²) in [6.07, 6.45) is 0. The Morgan fingerprint density at radius 2 is 2.43 bits per heavy atom. The van der Waals surface area contributed by atoms with Crippen LogP contribution >= 0.6 is 15.9 Å². The largest absolute Gasteiger partial charge is 0.444 e. The lowest BCUT2D eigenvalue weighted by Crippen LogP contribution is -2.30. The number of halogens is 1. The van der Waals surface area contributed by atoms with Crippen LogP contribution in [0.5, 0.6) is 0 Å². The molecule has 0 aliphatic rings. The van der Waals surface area contributed by atoms with Crippen LogP contribution in [0.1, 0.15) is 17.5 Å². The number of hydrogen-bond acceptors (Lipinski definition) is 3. The van der Waals surface area contributed by atoms with Crippen LogP contribution in [0.25, 0.3) is 0 Å². The van der Waals surface area contributed by atoms with Crippen molar-refractivity contribution in [2.24, 2.45) is 0 Å². The van der Waals surface area contributed by atoms with E-state index in [0.717, 1.165) is 0 Å². The van der Waals surface area contributed by atoms with Crippen molar-refractivity contribution in [3.8, 4) is 6.07 Å². The number of amides is 1. The molecule has 1 aromatic rings. The number of rotatable bonds is 3. The second-order valence-corrected chi connectivity index (χ2v) is 3.36. The zero-order valence-electron chi connectivity index (χ0n) is 7.66. The number of furan rings is 1. The van der Waals surface area contributed by atoms with Gasteiger partial charge in [0.1, 0.15) is 6.54 Å². The number of nitriles is 1. The zero-order valence-corrected chi connectivity index (χ0v) is 9.24. The minimum Gasteiger partial charge on any atom is -0.444 e. The van der Waals surface area contributed by atoms with Crippen molar-refractivity contribution in [1.82, 2.24) is 4.90 Å². The molecule has 74 valence electrons. The Morgan fingerprint density at radius 1 is 1.71 bits per heavy atom. The summed E-state index contributed by atoms with van der Waals surface area (Å²) in [4.78, 5) is 13.0. The fourth-order valence-corrected chi connectivity index (χ4v) is 1.30. The van der Waals surface area contributed by atoms with Crippen molar-refractivity contribution in [2.45, 2.75) is 6.92 Å². The molecule has 0 aliphatic heterocycles. The third kappa shape index (κ3) is 2.36. The van der Waals surface area contributed by atoms with E-state index in [1.54, 1.807) is 12.1 Å². The summed E-state index contributed by atoms with van der Waals surface area (Å²) < 4.78 is 5.60. The maximum absolute atomic E-state index is 11.6. The fraction of sp³-hybridized carbons (Fsp3) is 0.333. The molecule has 0 aliphatic carbocycles. The summed E-state index contributed by atoms with van der Waals surface area (Å²) in [5.41, 5.74) is 0. The average Bonchev–Trinajstić information content (AvgIpc) is 2.60. The van der Waals surface area contributed by atoms with Crippen LogP contribution in [-0.4, -0.2) is 23.9 Å². The first-order chi connectivity index (χ1) is 6.69. The van der Waals surface area contributed by atoms with E-state index >= 15 is 0 Å². The Morgan fingerprint density at radius 3 is 2.86 bits per heavy atom. The van der Waals surface area contributed by atoms with E-state index in [0.29, 0.717) is 11.2 Å². The predicted molar refractivity (Wildman–Crippen MR) is 53.6 cm³/mol. The number of hydrogen-bond donors (Lipinski definition) is 0. The molecule has 4 nitrogen and oxygen atoms in total. The van der Waals surface area contributed by atoms with Crippen LogP contribution < -0.4 is 0 Å². The van der Waals surface area contributed by atoms with E-state index < -0.39 is 0 Å². The molecule has 0 spiro atoms. The molecule has 5 heteroatoms. The summed E-state index contributed by atoms with van der Waals surface area (Å²) in [6.45, 7) is 2.38. The predicted octanol–water partition coefficient (Wildman–Crippen LogP) is 2.03. The van der Waals surface area contributed by atoms with Crippen LogP contribution in [0.15, 0.2) is 21.2 Å². The Hall–Kier alpha value is -1.28. The molecule has 0 unspecified atom stereocenters. The van der Waals surface area contributed by atoms with Crippen LogP contribution in [0.3, 0.4) is 0 Å². The Bertz CT molecular complexity index is 367. The molecule has 1 aromatic heterocycles. The molecule has 0 bridgehead atoms. The SMILES string of the molecule is CCN(CC#N)C(=O)c1ccc(Br)o1. The lowest BCUT2D eigenvalue weighted by atomic mass is 10.3. The van der Waals surface area contributed by atoms with Crippen molar-refractivity contribution >= 4 is 21.8 Å². The molecule has 0 atom stereocenters. The van der Waals surface area contributed by atoms with Gasteiger partial charge in [-0.2, -0.15) is 5.26 Å². The van der Waals surface area contributed by atoms with Crippen molar-refractivity contribution in [2.75, 3.05) is 13.1 Å². The molecular formula is C9H9BrN2O2.